The van der Waals surface area contributed by atoms with Crippen LogP contribution < -0.4 is 4.90 Å². The van der Waals surface area contributed by atoms with Crippen molar-refractivity contribution in [2.75, 3.05) is 25.2 Å². The van der Waals surface area contributed by atoms with Gasteiger partial charge in [0, 0.05) is 26.3 Å². The van der Waals surface area contributed by atoms with Crippen LogP contribution in [-0.4, -0.2) is 26.3 Å². The molecule has 0 amide bonds. The van der Waals surface area contributed by atoms with Crippen LogP contribution in [0.3, 0.4) is 0 Å². The molecule has 6 heteroatoms. The van der Waals surface area contributed by atoms with Gasteiger partial charge in [0.1, 0.15) is 6.07 Å². The van der Waals surface area contributed by atoms with Gasteiger partial charge in [-0.3, -0.25) is 0 Å². The molecule has 0 aromatic heterocycles. The third-order valence-corrected chi connectivity index (χ3v) is 3.56. The maximum Gasteiger partial charge on any atom is 0.416 e. The van der Waals surface area contributed by atoms with E-state index in [4.69, 9.17) is 10.00 Å². The van der Waals surface area contributed by atoms with Crippen LogP contribution in [0.4, 0.5) is 18.9 Å². The molecular formula is C14H15F3N2O. The number of hydrogen-bond acceptors (Lipinski definition) is 3. The van der Waals surface area contributed by atoms with Crippen LogP contribution in [0.25, 0.3) is 0 Å². The van der Waals surface area contributed by atoms with E-state index in [1.165, 1.54) is 6.07 Å². The summed E-state index contributed by atoms with van der Waals surface area (Å²) in [6.45, 7) is 1.27. The van der Waals surface area contributed by atoms with Crippen molar-refractivity contribution in [3.63, 3.8) is 0 Å². The van der Waals surface area contributed by atoms with Gasteiger partial charge in [-0.25, -0.2) is 0 Å². The second kappa shape index (κ2) is 5.71. The van der Waals surface area contributed by atoms with Crippen LogP contribution >= 0.6 is 0 Å². The maximum absolute atomic E-state index is 12.7. The molecule has 1 saturated heterocycles. The van der Waals surface area contributed by atoms with E-state index in [0.29, 0.717) is 18.9 Å². The van der Waals surface area contributed by atoms with Crippen molar-refractivity contribution in [2.24, 2.45) is 0 Å². The van der Waals surface area contributed by atoms with Gasteiger partial charge in [-0.05, 0) is 31.0 Å². The molecule has 0 spiro atoms. The molecule has 0 bridgehead atoms. The number of anilines is 1. The fraction of sp³-hybridized carbons (Fsp3) is 0.500. The zero-order valence-corrected chi connectivity index (χ0v) is 11.1. The molecule has 0 aliphatic carbocycles. The fourth-order valence-corrected chi connectivity index (χ4v) is 2.38. The highest BCUT2D eigenvalue weighted by atomic mass is 19.4. The van der Waals surface area contributed by atoms with E-state index < -0.39 is 11.7 Å². The summed E-state index contributed by atoms with van der Waals surface area (Å²) in [7, 11) is 1.80. The van der Waals surface area contributed by atoms with Gasteiger partial charge in [0.2, 0.25) is 0 Å². The normalized spacial score (nSPS) is 16.8. The van der Waals surface area contributed by atoms with Crippen molar-refractivity contribution in [3.8, 4) is 6.07 Å². The molecule has 0 N–H and O–H groups in total. The molecule has 0 atom stereocenters. The molecule has 0 saturated carbocycles. The topological polar surface area (TPSA) is 36.3 Å². The Morgan fingerprint density at radius 3 is 2.50 bits per heavy atom. The van der Waals surface area contributed by atoms with Gasteiger partial charge < -0.3 is 9.64 Å². The highest BCUT2D eigenvalue weighted by Crippen LogP contribution is 2.33. The summed E-state index contributed by atoms with van der Waals surface area (Å²) in [6, 6.07) is 5.34. The zero-order valence-electron chi connectivity index (χ0n) is 11.1. The predicted molar refractivity (Wildman–Crippen MR) is 68.4 cm³/mol. The number of halogens is 3. The Balaban J connectivity index is 2.29. The summed E-state index contributed by atoms with van der Waals surface area (Å²) in [5.74, 6) is 0. The van der Waals surface area contributed by atoms with Crippen LogP contribution in [0.2, 0.25) is 0 Å². The second-order valence-electron chi connectivity index (χ2n) is 4.80. The van der Waals surface area contributed by atoms with Crippen LogP contribution in [-0.2, 0) is 10.9 Å². The summed E-state index contributed by atoms with van der Waals surface area (Å²) in [4.78, 5) is 1.88. The van der Waals surface area contributed by atoms with Crippen molar-refractivity contribution in [1.29, 1.82) is 5.26 Å². The number of ether oxygens (including phenoxy) is 1. The molecule has 1 aromatic carbocycles. The SMILES string of the molecule is CN(c1ccc(C(F)(F)F)cc1C#N)C1CCOCC1. The number of nitrogens with zero attached hydrogens (tertiary/aromatic N) is 2. The maximum atomic E-state index is 12.7. The van der Waals surface area contributed by atoms with E-state index in [0.717, 1.165) is 25.0 Å². The molecule has 1 aromatic rings. The van der Waals surface area contributed by atoms with Crippen LogP contribution in [0.1, 0.15) is 24.0 Å². The highest BCUT2D eigenvalue weighted by molar-refractivity contribution is 5.61. The molecule has 0 unspecified atom stereocenters. The first-order chi connectivity index (χ1) is 9.43. The third kappa shape index (κ3) is 3.05. The lowest BCUT2D eigenvalue weighted by molar-refractivity contribution is -0.137. The number of nitriles is 1. The summed E-state index contributed by atoms with van der Waals surface area (Å²) < 4.78 is 43.2. The van der Waals surface area contributed by atoms with Crippen molar-refractivity contribution in [1.82, 2.24) is 0 Å². The highest BCUT2D eigenvalue weighted by Gasteiger charge is 2.31. The minimum absolute atomic E-state index is 0.0498. The molecule has 0 radical (unpaired) electrons. The molecule has 20 heavy (non-hydrogen) atoms. The summed E-state index contributed by atoms with van der Waals surface area (Å²) in [6.07, 6.45) is -2.81. The molecule has 3 nitrogen and oxygen atoms in total. The molecule has 1 aliphatic rings. The predicted octanol–water partition coefficient (Wildman–Crippen LogP) is 3.19. The van der Waals surface area contributed by atoms with Crippen LogP contribution in [0.15, 0.2) is 18.2 Å². The number of rotatable bonds is 2. The monoisotopic (exact) mass is 284 g/mol. The Morgan fingerprint density at radius 1 is 1.30 bits per heavy atom. The van der Waals surface area contributed by atoms with Gasteiger partial charge in [0.05, 0.1) is 16.8 Å². The summed E-state index contributed by atoms with van der Waals surface area (Å²) >= 11 is 0. The number of alkyl halides is 3. The average Bonchev–Trinajstić information content (AvgIpc) is 2.45. The van der Waals surface area contributed by atoms with Crippen LogP contribution in [0.5, 0.6) is 0 Å². The van der Waals surface area contributed by atoms with Crippen LogP contribution in [0, 0.1) is 11.3 Å². The smallest absolute Gasteiger partial charge is 0.381 e. The van der Waals surface area contributed by atoms with Crippen molar-refractivity contribution < 1.29 is 17.9 Å². The van der Waals surface area contributed by atoms with Crippen molar-refractivity contribution in [3.05, 3.63) is 29.3 Å². The van der Waals surface area contributed by atoms with Gasteiger partial charge in [0.15, 0.2) is 0 Å². The van der Waals surface area contributed by atoms with Gasteiger partial charge in [-0.15, -0.1) is 0 Å². The number of hydrogen-bond donors (Lipinski definition) is 0. The van der Waals surface area contributed by atoms with Gasteiger partial charge in [-0.2, -0.15) is 18.4 Å². The van der Waals surface area contributed by atoms with Gasteiger partial charge >= 0.3 is 6.18 Å². The third-order valence-electron chi connectivity index (χ3n) is 3.56. The summed E-state index contributed by atoms with van der Waals surface area (Å²) in [5.41, 5.74) is -0.209. The second-order valence-corrected chi connectivity index (χ2v) is 4.80. The Bertz CT molecular complexity index is 516. The Hall–Kier alpha value is -1.74. The molecular weight excluding hydrogens is 269 g/mol. The minimum atomic E-state index is -4.43. The average molecular weight is 284 g/mol. The van der Waals surface area contributed by atoms with Crippen molar-refractivity contribution in [2.45, 2.75) is 25.1 Å². The first kappa shape index (κ1) is 14.7. The molecule has 1 aliphatic heterocycles. The fourth-order valence-electron chi connectivity index (χ4n) is 2.38. The lowest BCUT2D eigenvalue weighted by atomic mass is 10.0. The standard InChI is InChI=1S/C14H15F3N2O/c1-19(12-4-6-20-7-5-12)13-3-2-11(14(15,16)17)8-10(13)9-18/h2-3,8,12H,4-7H2,1H3. The Labute approximate surface area is 115 Å². The van der Waals surface area contributed by atoms with Crippen molar-refractivity contribution >= 4 is 5.69 Å². The minimum Gasteiger partial charge on any atom is -0.381 e. The van der Waals surface area contributed by atoms with E-state index in [1.807, 2.05) is 11.0 Å². The lowest BCUT2D eigenvalue weighted by Gasteiger charge is -2.33. The van der Waals surface area contributed by atoms with E-state index in [9.17, 15) is 13.2 Å². The molecule has 108 valence electrons. The number of benzene rings is 1. The zero-order chi connectivity index (χ0) is 14.8. The van der Waals surface area contributed by atoms with E-state index in [2.05, 4.69) is 0 Å². The van der Waals surface area contributed by atoms with Gasteiger partial charge in [0.25, 0.3) is 0 Å². The van der Waals surface area contributed by atoms with E-state index >= 15 is 0 Å². The largest absolute Gasteiger partial charge is 0.416 e. The quantitative estimate of drug-likeness (QED) is 0.836. The first-order valence-electron chi connectivity index (χ1n) is 6.35. The van der Waals surface area contributed by atoms with E-state index in [-0.39, 0.29) is 11.6 Å². The molecule has 1 heterocycles. The Kier molecular flexibility index (Phi) is 4.19. The summed E-state index contributed by atoms with van der Waals surface area (Å²) in [5, 5.41) is 9.09. The lowest BCUT2D eigenvalue weighted by Crippen LogP contribution is -2.37. The molecule has 1 fully saturated rings. The first-order valence-corrected chi connectivity index (χ1v) is 6.35. The Morgan fingerprint density at radius 2 is 1.95 bits per heavy atom. The van der Waals surface area contributed by atoms with E-state index in [1.54, 1.807) is 7.05 Å². The van der Waals surface area contributed by atoms with Gasteiger partial charge in [-0.1, -0.05) is 0 Å². The molecule has 2 rings (SSSR count).